The van der Waals surface area contributed by atoms with Crippen molar-refractivity contribution in [1.29, 1.82) is 0 Å². The number of aromatic nitrogens is 1. The lowest BCUT2D eigenvalue weighted by molar-refractivity contribution is 0.0684. The summed E-state index contributed by atoms with van der Waals surface area (Å²) in [4.78, 5) is 24.2. The number of hydrogen-bond donors (Lipinski definition) is 0. The lowest BCUT2D eigenvalue weighted by Gasteiger charge is -2.35. The Bertz CT molecular complexity index is 722. The van der Waals surface area contributed by atoms with E-state index in [1.54, 1.807) is 0 Å². The molecule has 1 amide bonds. The summed E-state index contributed by atoms with van der Waals surface area (Å²) in [6, 6.07) is 14.1. The normalized spacial score (nSPS) is 15.2. The van der Waals surface area contributed by atoms with Crippen LogP contribution in [0.15, 0.2) is 48.7 Å². The summed E-state index contributed by atoms with van der Waals surface area (Å²) >= 11 is 0. The molecule has 1 aromatic carbocycles. The van der Waals surface area contributed by atoms with Crippen LogP contribution in [0.1, 0.15) is 36.8 Å². The van der Waals surface area contributed by atoms with E-state index in [2.05, 4.69) is 33.8 Å². The smallest absolute Gasteiger partial charge is 0.272 e. The summed E-state index contributed by atoms with van der Waals surface area (Å²) < 4.78 is 0. The van der Waals surface area contributed by atoms with Gasteiger partial charge < -0.3 is 14.7 Å². The summed E-state index contributed by atoms with van der Waals surface area (Å²) in [7, 11) is 0. The van der Waals surface area contributed by atoms with Crippen molar-refractivity contribution < 1.29 is 4.79 Å². The van der Waals surface area contributed by atoms with Crippen LogP contribution in [0.25, 0.3) is 0 Å². The van der Waals surface area contributed by atoms with Gasteiger partial charge in [0.05, 0.1) is 11.9 Å². The van der Waals surface area contributed by atoms with Gasteiger partial charge in [-0.05, 0) is 38.1 Å². The van der Waals surface area contributed by atoms with Crippen molar-refractivity contribution >= 4 is 11.6 Å². The average molecular weight is 367 g/mol. The van der Waals surface area contributed by atoms with E-state index in [9.17, 15) is 4.79 Å². The molecule has 1 saturated heterocycles. The first kappa shape index (κ1) is 19.4. The fourth-order valence-corrected chi connectivity index (χ4v) is 3.44. The van der Waals surface area contributed by atoms with Gasteiger partial charge >= 0.3 is 0 Å². The number of piperazine rings is 1. The van der Waals surface area contributed by atoms with Crippen molar-refractivity contribution in [3.63, 3.8) is 0 Å². The number of likely N-dealkylation sites (N-methyl/N-ethyl adjacent to an activating group) is 1. The molecule has 0 aliphatic carbocycles. The van der Waals surface area contributed by atoms with Crippen LogP contribution in [0.3, 0.4) is 0 Å². The molecule has 5 heteroatoms. The largest absolute Gasteiger partial charge is 0.368 e. The van der Waals surface area contributed by atoms with Crippen LogP contribution in [-0.2, 0) is 6.54 Å². The molecule has 1 aromatic heterocycles. The van der Waals surface area contributed by atoms with Gasteiger partial charge in [0.2, 0.25) is 0 Å². The third-order valence-electron chi connectivity index (χ3n) is 5.23. The van der Waals surface area contributed by atoms with E-state index in [4.69, 9.17) is 0 Å². The van der Waals surface area contributed by atoms with Crippen LogP contribution in [0, 0.1) is 0 Å². The topological polar surface area (TPSA) is 39.7 Å². The molecule has 27 heavy (non-hydrogen) atoms. The first-order chi connectivity index (χ1) is 13.1. The second-order valence-electron chi connectivity index (χ2n) is 7.34. The van der Waals surface area contributed by atoms with Gasteiger partial charge in [0.25, 0.3) is 5.91 Å². The van der Waals surface area contributed by atoms with Gasteiger partial charge in [-0.15, -0.1) is 0 Å². The first-order valence-corrected chi connectivity index (χ1v) is 9.86. The number of hydrogen-bond acceptors (Lipinski definition) is 4. The van der Waals surface area contributed by atoms with Crippen LogP contribution >= 0.6 is 0 Å². The van der Waals surface area contributed by atoms with E-state index in [1.807, 2.05) is 55.3 Å². The van der Waals surface area contributed by atoms with Gasteiger partial charge in [-0.2, -0.15) is 0 Å². The Morgan fingerprint density at radius 1 is 1.07 bits per heavy atom. The predicted octanol–water partition coefficient (Wildman–Crippen LogP) is 3.27. The highest BCUT2D eigenvalue weighted by molar-refractivity contribution is 5.92. The van der Waals surface area contributed by atoms with Crippen LogP contribution in [0.5, 0.6) is 0 Å². The van der Waals surface area contributed by atoms with Crippen molar-refractivity contribution in [1.82, 2.24) is 14.8 Å². The minimum absolute atomic E-state index is 0.0174. The molecule has 0 radical (unpaired) electrons. The number of carbonyl (C=O) groups is 1. The number of carbonyl (C=O) groups excluding carboxylic acids is 1. The molecular formula is C22H30N4O. The summed E-state index contributed by atoms with van der Waals surface area (Å²) in [6.45, 7) is 12.2. The Hall–Kier alpha value is -2.40. The fraction of sp³-hybridized carbons (Fsp3) is 0.455. The number of anilines is 1. The first-order valence-electron chi connectivity index (χ1n) is 9.86. The maximum Gasteiger partial charge on any atom is 0.272 e. The predicted molar refractivity (Wildman–Crippen MR) is 110 cm³/mol. The van der Waals surface area contributed by atoms with Crippen molar-refractivity contribution in [2.45, 2.75) is 33.4 Å². The van der Waals surface area contributed by atoms with E-state index >= 15 is 0 Å². The van der Waals surface area contributed by atoms with Gasteiger partial charge in [-0.25, -0.2) is 4.98 Å². The number of rotatable bonds is 6. The van der Waals surface area contributed by atoms with Crippen molar-refractivity contribution in [3.8, 4) is 0 Å². The van der Waals surface area contributed by atoms with Crippen LogP contribution in [0.2, 0.25) is 0 Å². The van der Waals surface area contributed by atoms with Gasteiger partial charge in [0.15, 0.2) is 0 Å². The lowest BCUT2D eigenvalue weighted by atomic mass is 10.1. The van der Waals surface area contributed by atoms with E-state index in [1.165, 1.54) is 0 Å². The Morgan fingerprint density at radius 2 is 1.78 bits per heavy atom. The second kappa shape index (κ2) is 9.00. The van der Waals surface area contributed by atoms with E-state index in [0.717, 1.165) is 44.0 Å². The highest BCUT2D eigenvalue weighted by atomic mass is 16.2. The molecule has 0 saturated carbocycles. The van der Waals surface area contributed by atoms with Gasteiger partial charge in [0, 0.05) is 38.8 Å². The molecule has 5 nitrogen and oxygen atoms in total. The summed E-state index contributed by atoms with van der Waals surface area (Å²) in [5.41, 5.74) is 2.74. The van der Waals surface area contributed by atoms with E-state index < -0.39 is 0 Å². The minimum atomic E-state index is -0.0174. The number of amides is 1. The van der Waals surface area contributed by atoms with Crippen molar-refractivity contribution in [2.24, 2.45) is 0 Å². The SMILES string of the molecule is CCN1CCN(c2ccc(C(=O)N(Cc3ccccc3)C(C)C)nc2)CC1. The molecule has 1 aliphatic heterocycles. The molecule has 1 fully saturated rings. The molecule has 0 unspecified atom stereocenters. The molecular weight excluding hydrogens is 336 g/mol. The maximum absolute atomic E-state index is 13.0. The van der Waals surface area contributed by atoms with E-state index in [-0.39, 0.29) is 11.9 Å². The maximum atomic E-state index is 13.0. The average Bonchev–Trinajstić information content (AvgIpc) is 2.72. The monoisotopic (exact) mass is 366 g/mol. The van der Waals surface area contributed by atoms with Crippen molar-refractivity contribution in [2.75, 3.05) is 37.6 Å². The van der Waals surface area contributed by atoms with Gasteiger partial charge in [-0.1, -0.05) is 37.3 Å². The Labute approximate surface area is 162 Å². The van der Waals surface area contributed by atoms with Crippen LogP contribution in [0.4, 0.5) is 5.69 Å². The summed E-state index contributed by atoms with van der Waals surface area (Å²) in [5, 5.41) is 0. The molecule has 1 aliphatic rings. The number of benzene rings is 1. The third-order valence-corrected chi connectivity index (χ3v) is 5.23. The Morgan fingerprint density at radius 3 is 2.33 bits per heavy atom. The van der Waals surface area contributed by atoms with E-state index in [0.29, 0.717) is 12.2 Å². The molecule has 0 bridgehead atoms. The summed E-state index contributed by atoms with van der Waals surface area (Å²) in [6.07, 6.45) is 1.84. The van der Waals surface area contributed by atoms with Crippen LogP contribution < -0.4 is 4.90 Å². The molecule has 144 valence electrons. The molecule has 0 N–H and O–H groups in total. The molecule has 3 rings (SSSR count). The quantitative estimate of drug-likeness (QED) is 0.787. The van der Waals surface area contributed by atoms with Crippen molar-refractivity contribution in [3.05, 3.63) is 59.9 Å². The lowest BCUT2D eigenvalue weighted by Crippen LogP contribution is -2.46. The van der Waals surface area contributed by atoms with Gasteiger partial charge in [-0.3, -0.25) is 4.79 Å². The second-order valence-corrected chi connectivity index (χ2v) is 7.34. The zero-order valence-electron chi connectivity index (χ0n) is 16.6. The zero-order chi connectivity index (χ0) is 19.2. The third kappa shape index (κ3) is 4.86. The molecule has 0 spiro atoms. The Kier molecular flexibility index (Phi) is 6.45. The molecule has 2 heterocycles. The fourth-order valence-electron chi connectivity index (χ4n) is 3.44. The van der Waals surface area contributed by atoms with Crippen LogP contribution in [-0.4, -0.2) is 59.5 Å². The molecule has 2 aromatic rings. The standard InChI is InChI=1S/C22H30N4O/c1-4-24-12-14-25(15-13-24)20-10-11-21(23-16-20)22(27)26(18(2)3)17-19-8-6-5-7-9-19/h5-11,16,18H,4,12-15,17H2,1-3H3. The highest BCUT2D eigenvalue weighted by Gasteiger charge is 2.21. The number of nitrogens with zero attached hydrogens (tertiary/aromatic N) is 4. The minimum Gasteiger partial charge on any atom is -0.368 e. The zero-order valence-corrected chi connectivity index (χ0v) is 16.6. The Balaban J connectivity index is 1.68. The summed E-state index contributed by atoms with van der Waals surface area (Å²) in [5.74, 6) is -0.0174. The van der Waals surface area contributed by atoms with Gasteiger partial charge in [0.1, 0.15) is 5.69 Å². The highest BCUT2D eigenvalue weighted by Crippen LogP contribution is 2.18. The number of pyridine rings is 1. The molecule has 0 atom stereocenters.